The lowest BCUT2D eigenvalue weighted by Crippen LogP contribution is -2.46. The second-order valence-electron chi connectivity index (χ2n) is 3.87. The van der Waals surface area contributed by atoms with E-state index in [1.54, 1.807) is 13.8 Å². The predicted octanol–water partition coefficient (Wildman–Crippen LogP) is 0.803. The maximum atomic E-state index is 10.9. The number of hydrogen-bond acceptors (Lipinski definition) is 3. The maximum Gasteiger partial charge on any atom is 0.348 e. The minimum absolute atomic E-state index is 0.163. The van der Waals surface area contributed by atoms with E-state index in [-0.39, 0.29) is 6.42 Å². The summed E-state index contributed by atoms with van der Waals surface area (Å²) in [6.45, 7) is 4.86. The largest absolute Gasteiger partial charge is 0.478 e. The molecule has 68 valence electrons. The Morgan fingerprint density at radius 3 is 2.17 bits per heavy atom. The molecule has 0 amide bonds. The van der Waals surface area contributed by atoms with Crippen molar-refractivity contribution in [3.63, 3.8) is 0 Å². The van der Waals surface area contributed by atoms with E-state index in [1.807, 2.05) is 0 Å². The molecule has 0 aromatic heterocycles. The first-order valence-electron chi connectivity index (χ1n) is 3.75. The number of ether oxygens (including phenoxy) is 1. The quantitative estimate of drug-likeness (QED) is 0.594. The molecule has 0 aromatic rings. The van der Waals surface area contributed by atoms with Crippen LogP contribution in [0.15, 0.2) is 0 Å². The summed E-state index contributed by atoms with van der Waals surface area (Å²) in [6.07, 6.45) is 0.163. The van der Waals surface area contributed by atoms with E-state index in [2.05, 4.69) is 0 Å². The van der Waals surface area contributed by atoms with Crippen molar-refractivity contribution in [2.75, 3.05) is 0 Å². The number of rotatable bonds is 1. The molecule has 0 saturated carbocycles. The lowest BCUT2D eigenvalue weighted by atomic mass is 9.76. The molecule has 0 spiro atoms. The molecule has 1 rings (SSSR count). The van der Waals surface area contributed by atoms with Crippen molar-refractivity contribution in [3.05, 3.63) is 0 Å². The van der Waals surface area contributed by atoms with Crippen LogP contribution in [0.1, 0.15) is 27.2 Å². The zero-order valence-electron chi connectivity index (χ0n) is 7.38. The Hall–Kier alpha value is -1.06. The first-order chi connectivity index (χ1) is 5.29. The molecule has 1 aliphatic heterocycles. The van der Waals surface area contributed by atoms with Crippen molar-refractivity contribution in [1.82, 2.24) is 0 Å². The van der Waals surface area contributed by atoms with E-state index in [0.29, 0.717) is 0 Å². The Morgan fingerprint density at radius 1 is 1.50 bits per heavy atom. The Morgan fingerprint density at radius 2 is 2.00 bits per heavy atom. The fourth-order valence-corrected chi connectivity index (χ4v) is 1.26. The molecule has 1 aliphatic rings. The maximum absolute atomic E-state index is 10.9. The first-order valence-corrected chi connectivity index (χ1v) is 3.75. The molecule has 4 nitrogen and oxygen atoms in total. The Labute approximate surface area is 70.5 Å². The zero-order valence-corrected chi connectivity index (χ0v) is 7.38. The summed E-state index contributed by atoms with van der Waals surface area (Å²) in [5.74, 6) is -1.52. The van der Waals surface area contributed by atoms with Crippen LogP contribution in [0.2, 0.25) is 0 Å². The van der Waals surface area contributed by atoms with Gasteiger partial charge in [-0.15, -0.1) is 0 Å². The number of carbonyl (C=O) groups is 2. The lowest BCUT2D eigenvalue weighted by Gasteiger charge is -2.30. The molecule has 1 unspecified atom stereocenters. The van der Waals surface area contributed by atoms with Gasteiger partial charge in [-0.2, -0.15) is 0 Å². The standard InChI is InChI=1S/C8H12O4/c1-7(2)4-5(9)12-8(7,3)6(10)11/h4H2,1-3H3,(H,10,11). The van der Waals surface area contributed by atoms with Gasteiger partial charge in [0.25, 0.3) is 0 Å². The zero-order chi connectivity index (χ0) is 9.57. The monoisotopic (exact) mass is 172 g/mol. The van der Waals surface area contributed by atoms with Crippen LogP contribution in [0.3, 0.4) is 0 Å². The Kier molecular flexibility index (Phi) is 1.67. The normalized spacial score (nSPS) is 33.1. The van der Waals surface area contributed by atoms with Gasteiger partial charge in [-0.1, -0.05) is 13.8 Å². The van der Waals surface area contributed by atoms with Gasteiger partial charge in [0.15, 0.2) is 0 Å². The van der Waals surface area contributed by atoms with E-state index in [0.717, 1.165) is 0 Å². The number of carboxylic acid groups (broad SMARTS) is 1. The topological polar surface area (TPSA) is 63.6 Å². The fourth-order valence-electron chi connectivity index (χ4n) is 1.26. The molecule has 12 heavy (non-hydrogen) atoms. The number of cyclic esters (lactones) is 1. The number of carboxylic acids is 1. The van der Waals surface area contributed by atoms with Gasteiger partial charge in [0, 0.05) is 5.41 Å². The van der Waals surface area contributed by atoms with Crippen LogP contribution in [0.5, 0.6) is 0 Å². The van der Waals surface area contributed by atoms with Crippen molar-refractivity contribution < 1.29 is 19.4 Å². The van der Waals surface area contributed by atoms with E-state index in [9.17, 15) is 9.59 Å². The fraction of sp³-hybridized carbons (Fsp3) is 0.750. The molecular weight excluding hydrogens is 160 g/mol. The van der Waals surface area contributed by atoms with Crippen LogP contribution in [0, 0.1) is 5.41 Å². The Bertz CT molecular complexity index is 243. The minimum Gasteiger partial charge on any atom is -0.478 e. The van der Waals surface area contributed by atoms with Gasteiger partial charge in [-0.3, -0.25) is 4.79 Å². The summed E-state index contributed by atoms with van der Waals surface area (Å²) in [7, 11) is 0. The molecule has 0 radical (unpaired) electrons. The van der Waals surface area contributed by atoms with Gasteiger partial charge in [0.2, 0.25) is 5.60 Å². The van der Waals surface area contributed by atoms with Crippen molar-refractivity contribution in [1.29, 1.82) is 0 Å². The third kappa shape index (κ3) is 0.983. The van der Waals surface area contributed by atoms with Gasteiger partial charge < -0.3 is 9.84 Å². The predicted molar refractivity (Wildman–Crippen MR) is 40.5 cm³/mol. The van der Waals surface area contributed by atoms with Crippen LogP contribution in [0.25, 0.3) is 0 Å². The van der Waals surface area contributed by atoms with Crippen LogP contribution >= 0.6 is 0 Å². The number of carbonyl (C=O) groups excluding carboxylic acids is 1. The SMILES string of the molecule is CC1(C)CC(=O)OC1(C)C(=O)O. The van der Waals surface area contributed by atoms with Crippen LogP contribution in [0.4, 0.5) is 0 Å². The minimum atomic E-state index is -1.37. The summed E-state index contributed by atoms with van der Waals surface area (Å²) < 4.78 is 4.79. The third-order valence-electron chi connectivity index (χ3n) is 2.60. The highest BCUT2D eigenvalue weighted by Gasteiger charge is 2.57. The third-order valence-corrected chi connectivity index (χ3v) is 2.60. The molecule has 1 saturated heterocycles. The molecule has 1 fully saturated rings. The first kappa shape index (κ1) is 9.03. The molecule has 1 heterocycles. The highest BCUT2D eigenvalue weighted by atomic mass is 16.6. The van der Waals surface area contributed by atoms with Gasteiger partial charge in [0.1, 0.15) is 0 Å². The van der Waals surface area contributed by atoms with E-state index in [4.69, 9.17) is 9.84 Å². The van der Waals surface area contributed by atoms with Gasteiger partial charge in [-0.25, -0.2) is 4.79 Å². The van der Waals surface area contributed by atoms with E-state index >= 15 is 0 Å². The Balaban J connectivity index is 3.05. The van der Waals surface area contributed by atoms with Crippen LogP contribution < -0.4 is 0 Å². The summed E-state index contributed by atoms with van der Waals surface area (Å²) in [5.41, 5.74) is -2.00. The molecule has 4 heteroatoms. The second kappa shape index (κ2) is 2.21. The molecular formula is C8H12O4. The second-order valence-corrected chi connectivity index (χ2v) is 3.87. The van der Waals surface area contributed by atoms with E-state index < -0.39 is 23.0 Å². The van der Waals surface area contributed by atoms with Crippen LogP contribution in [-0.2, 0) is 14.3 Å². The van der Waals surface area contributed by atoms with Gasteiger partial charge in [-0.05, 0) is 6.92 Å². The van der Waals surface area contributed by atoms with Crippen molar-refractivity contribution in [3.8, 4) is 0 Å². The van der Waals surface area contributed by atoms with Gasteiger partial charge in [0.05, 0.1) is 6.42 Å². The highest BCUT2D eigenvalue weighted by Crippen LogP contribution is 2.43. The van der Waals surface area contributed by atoms with Crippen LogP contribution in [-0.4, -0.2) is 22.6 Å². The molecule has 0 aliphatic carbocycles. The molecule has 0 bridgehead atoms. The number of hydrogen-bond donors (Lipinski definition) is 1. The lowest BCUT2D eigenvalue weighted by molar-refractivity contribution is -0.173. The summed E-state index contributed by atoms with van der Waals surface area (Å²) >= 11 is 0. The summed E-state index contributed by atoms with van der Waals surface area (Å²) in [5, 5.41) is 8.85. The van der Waals surface area contributed by atoms with Crippen molar-refractivity contribution in [2.24, 2.45) is 5.41 Å². The molecule has 1 N–H and O–H groups in total. The number of esters is 1. The summed E-state index contributed by atoms with van der Waals surface area (Å²) in [4.78, 5) is 21.7. The van der Waals surface area contributed by atoms with Gasteiger partial charge >= 0.3 is 11.9 Å². The average molecular weight is 172 g/mol. The van der Waals surface area contributed by atoms with Crippen molar-refractivity contribution in [2.45, 2.75) is 32.8 Å². The highest BCUT2D eigenvalue weighted by molar-refractivity contribution is 5.86. The molecule has 0 aromatic carbocycles. The average Bonchev–Trinajstić information content (AvgIpc) is 2.02. The molecule has 1 atom stereocenters. The van der Waals surface area contributed by atoms with E-state index in [1.165, 1.54) is 6.92 Å². The number of aliphatic carboxylic acids is 1. The summed E-state index contributed by atoms with van der Waals surface area (Å²) in [6, 6.07) is 0. The smallest absolute Gasteiger partial charge is 0.348 e. The van der Waals surface area contributed by atoms with Crippen molar-refractivity contribution >= 4 is 11.9 Å².